The molecule has 0 aliphatic rings. The molecule has 3 nitrogen and oxygen atoms in total. The van der Waals surface area contributed by atoms with Crippen molar-refractivity contribution in [2.24, 2.45) is 0 Å². The summed E-state index contributed by atoms with van der Waals surface area (Å²) in [5, 5.41) is 10.4. The summed E-state index contributed by atoms with van der Waals surface area (Å²) in [5.74, 6) is 0. The summed E-state index contributed by atoms with van der Waals surface area (Å²) in [4.78, 5) is 6.61. The quantitative estimate of drug-likeness (QED) is 0.879. The van der Waals surface area contributed by atoms with Crippen molar-refractivity contribution in [3.8, 4) is 0 Å². The second-order valence-electron chi connectivity index (χ2n) is 4.44. The molecule has 1 aromatic heterocycles. The molecule has 0 radical (unpaired) electrons. The van der Waals surface area contributed by atoms with E-state index in [0.29, 0.717) is 0 Å². The van der Waals surface area contributed by atoms with Crippen molar-refractivity contribution in [3.63, 3.8) is 0 Å². The van der Waals surface area contributed by atoms with Crippen molar-refractivity contribution in [1.82, 2.24) is 4.98 Å². The number of nitrogens with zero attached hydrogens (tertiary/aromatic N) is 2. The van der Waals surface area contributed by atoms with Crippen LogP contribution in [0.5, 0.6) is 0 Å². The predicted molar refractivity (Wildman–Crippen MR) is 71.4 cm³/mol. The minimum absolute atomic E-state index is 0.0974. The lowest BCUT2D eigenvalue weighted by molar-refractivity contribution is 0.270. The molecule has 0 bridgehead atoms. The maximum atomic E-state index is 9.25. The first kappa shape index (κ1) is 11.9. The minimum atomic E-state index is 0.0974. The summed E-state index contributed by atoms with van der Waals surface area (Å²) in [7, 11) is 2.00. The van der Waals surface area contributed by atoms with Gasteiger partial charge in [-0.05, 0) is 26.0 Å². The average Bonchev–Trinajstić information content (AvgIpc) is 2.35. The largest absolute Gasteiger partial charge is 0.394 e. The third-order valence-electron chi connectivity index (χ3n) is 3.13. The Morgan fingerprint density at radius 2 is 2.06 bits per heavy atom. The molecule has 90 valence electrons. The summed E-state index contributed by atoms with van der Waals surface area (Å²) in [6, 6.07) is 10.3. The Hall–Kier alpha value is -1.61. The van der Waals surface area contributed by atoms with Crippen LogP contribution in [-0.4, -0.2) is 29.8 Å². The van der Waals surface area contributed by atoms with Gasteiger partial charge in [0, 0.05) is 29.9 Å². The number of aliphatic hydroxyl groups excluding tert-OH is 1. The van der Waals surface area contributed by atoms with Gasteiger partial charge in [-0.2, -0.15) is 0 Å². The Labute approximate surface area is 102 Å². The third kappa shape index (κ3) is 2.24. The fourth-order valence-electron chi connectivity index (χ4n) is 1.94. The van der Waals surface area contributed by atoms with Gasteiger partial charge in [0.15, 0.2) is 0 Å². The van der Waals surface area contributed by atoms with E-state index < -0.39 is 0 Å². The maximum Gasteiger partial charge on any atom is 0.0726 e. The molecule has 2 rings (SSSR count). The van der Waals surface area contributed by atoms with Gasteiger partial charge in [-0.25, -0.2) is 0 Å². The molecule has 0 aliphatic heterocycles. The van der Waals surface area contributed by atoms with Gasteiger partial charge in [0.2, 0.25) is 0 Å². The Morgan fingerprint density at radius 1 is 1.35 bits per heavy atom. The number of aliphatic hydroxyl groups is 1. The Kier molecular flexibility index (Phi) is 3.29. The van der Waals surface area contributed by atoms with Crippen molar-refractivity contribution in [1.29, 1.82) is 0 Å². The van der Waals surface area contributed by atoms with E-state index in [1.165, 1.54) is 0 Å². The first-order valence-electron chi connectivity index (χ1n) is 5.83. The Bertz CT molecular complexity index is 525. The van der Waals surface area contributed by atoms with Gasteiger partial charge < -0.3 is 10.0 Å². The SMILES string of the molecule is Cc1cc(N(C)C(C)CO)c2ccccc2n1. The van der Waals surface area contributed by atoms with Gasteiger partial charge in [0.1, 0.15) is 0 Å². The molecule has 2 aromatic rings. The van der Waals surface area contributed by atoms with Crippen molar-refractivity contribution in [3.05, 3.63) is 36.0 Å². The summed E-state index contributed by atoms with van der Waals surface area (Å²) >= 11 is 0. The molecule has 1 atom stereocenters. The zero-order chi connectivity index (χ0) is 12.4. The first-order valence-corrected chi connectivity index (χ1v) is 5.83. The van der Waals surface area contributed by atoms with Crippen LogP contribution >= 0.6 is 0 Å². The second kappa shape index (κ2) is 4.72. The third-order valence-corrected chi connectivity index (χ3v) is 3.13. The molecule has 17 heavy (non-hydrogen) atoms. The highest BCUT2D eigenvalue weighted by atomic mass is 16.3. The first-order chi connectivity index (χ1) is 8.13. The van der Waals surface area contributed by atoms with Crippen LogP contribution in [0.2, 0.25) is 0 Å². The number of rotatable bonds is 3. The molecule has 1 heterocycles. The van der Waals surface area contributed by atoms with Crippen LogP contribution < -0.4 is 4.90 Å². The minimum Gasteiger partial charge on any atom is -0.394 e. The standard InChI is InChI=1S/C14H18N2O/c1-10-8-14(16(3)11(2)9-17)12-6-4-5-7-13(12)15-10/h4-8,11,17H,9H2,1-3H3. The average molecular weight is 230 g/mol. The van der Waals surface area contributed by atoms with Crippen LogP contribution in [-0.2, 0) is 0 Å². The van der Waals surface area contributed by atoms with E-state index in [1.54, 1.807) is 0 Å². The van der Waals surface area contributed by atoms with Gasteiger partial charge in [-0.15, -0.1) is 0 Å². The Balaban J connectivity index is 2.59. The van der Waals surface area contributed by atoms with Crippen LogP contribution in [0.4, 0.5) is 5.69 Å². The molecule has 1 aromatic carbocycles. The molecule has 0 aliphatic carbocycles. The number of benzene rings is 1. The molecular weight excluding hydrogens is 212 g/mol. The summed E-state index contributed by atoms with van der Waals surface area (Å²) in [6.07, 6.45) is 0. The second-order valence-corrected chi connectivity index (χ2v) is 4.44. The monoisotopic (exact) mass is 230 g/mol. The number of anilines is 1. The highest BCUT2D eigenvalue weighted by Crippen LogP contribution is 2.26. The lowest BCUT2D eigenvalue weighted by atomic mass is 10.1. The van der Waals surface area contributed by atoms with Crippen LogP contribution in [0.1, 0.15) is 12.6 Å². The van der Waals surface area contributed by atoms with E-state index in [4.69, 9.17) is 0 Å². The predicted octanol–water partition coefficient (Wildman–Crippen LogP) is 2.36. The molecule has 3 heteroatoms. The molecule has 0 saturated carbocycles. The molecule has 0 saturated heterocycles. The number of aryl methyl sites for hydroxylation is 1. The van der Waals surface area contributed by atoms with Crippen molar-refractivity contribution in [2.75, 3.05) is 18.6 Å². The number of aromatic nitrogens is 1. The van der Waals surface area contributed by atoms with Gasteiger partial charge in [-0.3, -0.25) is 4.98 Å². The molecule has 0 amide bonds. The number of hydrogen-bond acceptors (Lipinski definition) is 3. The van der Waals surface area contributed by atoms with Crippen molar-refractivity contribution >= 4 is 16.6 Å². The van der Waals surface area contributed by atoms with Gasteiger partial charge in [0.25, 0.3) is 0 Å². The fraction of sp³-hybridized carbons (Fsp3) is 0.357. The normalized spacial score (nSPS) is 12.7. The van der Waals surface area contributed by atoms with Gasteiger partial charge in [-0.1, -0.05) is 18.2 Å². The summed E-state index contributed by atoms with van der Waals surface area (Å²) < 4.78 is 0. The number of fused-ring (bicyclic) bond motifs is 1. The van der Waals surface area contributed by atoms with E-state index in [-0.39, 0.29) is 12.6 Å². The summed E-state index contributed by atoms with van der Waals surface area (Å²) in [6.45, 7) is 4.14. The van der Waals surface area contributed by atoms with Crippen LogP contribution in [0, 0.1) is 6.92 Å². The van der Waals surface area contributed by atoms with E-state index in [2.05, 4.69) is 22.0 Å². The lowest BCUT2D eigenvalue weighted by Gasteiger charge is -2.26. The van der Waals surface area contributed by atoms with Crippen LogP contribution in [0.15, 0.2) is 30.3 Å². The zero-order valence-corrected chi connectivity index (χ0v) is 10.5. The number of likely N-dealkylation sites (N-methyl/N-ethyl adjacent to an activating group) is 1. The van der Waals surface area contributed by atoms with Crippen molar-refractivity contribution in [2.45, 2.75) is 19.9 Å². The van der Waals surface area contributed by atoms with Crippen LogP contribution in [0.3, 0.4) is 0 Å². The number of para-hydroxylation sites is 1. The van der Waals surface area contributed by atoms with E-state index in [9.17, 15) is 5.11 Å². The molecule has 0 fully saturated rings. The summed E-state index contributed by atoms with van der Waals surface area (Å²) in [5.41, 5.74) is 3.12. The highest BCUT2D eigenvalue weighted by molar-refractivity contribution is 5.91. The lowest BCUT2D eigenvalue weighted by Crippen LogP contribution is -2.32. The topological polar surface area (TPSA) is 36.4 Å². The van der Waals surface area contributed by atoms with E-state index in [1.807, 2.05) is 39.1 Å². The zero-order valence-electron chi connectivity index (χ0n) is 10.5. The van der Waals surface area contributed by atoms with Gasteiger partial charge >= 0.3 is 0 Å². The smallest absolute Gasteiger partial charge is 0.0726 e. The van der Waals surface area contributed by atoms with Crippen molar-refractivity contribution < 1.29 is 5.11 Å². The number of hydrogen-bond donors (Lipinski definition) is 1. The fourth-order valence-corrected chi connectivity index (χ4v) is 1.94. The van der Waals surface area contributed by atoms with E-state index >= 15 is 0 Å². The molecular formula is C14H18N2O. The van der Waals surface area contributed by atoms with Gasteiger partial charge in [0.05, 0.1) is 12.1 Å². The molecule has 1 unspecified atom stereocenters. The van der Waals surface area contributed by atoms with Crippen LogP contribution in [0.25, 0.3) is 10.9 Å². The Morgan fingerprint density at radius 3 is 2.76 bits per heavy atom. The number of pyridine rings is 1. The molecule has 0 spiro atoms. The maximum absolute atomic E-state index is 9.25. The van der Waals surface area contributed by atoms with E-state index in [0.717, 1.165) is 22.3 Å². The molecule has 1 N–H and O–H groups in total. The highest BCUT2D eigenvalue weighted by Gasteiger charge is 2.12.